The van der Waals surface area contributed by atoms with Crippen molar-refractivity contribution >= 4 is 22.6 Å². The Labute approximate surface area is 174 Å². The Morgan fingerprint density at radius 3 is 2.31 bits per heavy atom. The van der Waals surface area contributed by atoms with Gasteiger partial charge in [0, 0.05) is 0 Å². The van der Waals surface area contributed by atoms with Crippen LogP contribution in [0.4, 0.5) is 5.82 Å². The van der Waals surface area contributed by atoms with Gasteiger partial charge in [0.15, 0.2) is 17.3 Å². The summed E-state index contributed by atoms with van der Waals surface area (Å²) in [7, 11) is 4.78. The van der Waals surface area contributed by atoms with E-state index >= 15 is 0 Å². The fourth-order valence-electron chi connectivity index (χ4n) is 4.30. The summed E-state index contributed by atoms with van der Waals surface area (Å²) >= 11 is 1.57. The van der Waals surface area contributed by atoms with Crippen LogP contribution < -0.4 is 19.8 Å². The van der Waals surface area contributed by atoms with E-state index in [0.717, 1.165) is 29.3 Å². The molecular formula is C21H27N3O4S. The molecule has 0 unspecified atom stereocenters. The minimum absolute atomic E-state index is 0.0759. The van der Waals surface area contributed by atoms with Gasteiger partial charge in [-0.05, 0) is 37.5 Å². The molecule has 1 aliphatic heterocycles. The Balaban J connectivity index is 1.83. The third-order valence-corrected chi connectivity index (χ3v) is 6.86. The molecule has 0 amide bonds. The summed E-state index contributed by atoms with van der Waals surface area (Å²) in [5.74, 6) is 2.45. The smallest absolute Gasteiger partial charge is 0.271 e. The predicted octanol–water partition coefficient (Wildman–Crippen LogP) is 4.59. The number of aromatic amines is 1. The Morgan fingerprint density at radius 2 is 1.72 bits per heavy atom. The monoisotopic (exact) mass is 417 g/mol. The summed E-state index contributed by atoms with van der Waals surface area (Å²) in [6, 6.07) is 4.14. The van der Waals surface area contributed by atoms with Gasteiger partial charge >= 0.3 is 0 Å². The number of ether oxygens (including phenoxy) is 3. The predicted molar refractivity (Wildman–Crippen MR) is 115 cm³/mol. The topological polar surface area (TPSA) is 77.8 Å². The Kier molecular flexibility index (Phi) is 5.63. The standard InChI is InChI=1S/C21H27N3O4S/c1-12-22-20-17(21(25)23-24(20)14-8-6-5-7-9-14)19(29-12)13-10-15(26-2)18(28-4)16(11-13)27-3/h10-11,14,19H,5-9H2,1-4H3,(H,23,25)/t19-/m1/s1. The molecule has 0 saturated heterocycles. The van der Waals surface area contributed by atoms with Crippen molar-refractivity contribution in [3.05, 3.63) is 33.6 Å². The number of H-pyrrole nitrogens is 1. The second-order valence-electron chi connectivity index (χ2n) is 7.43. The van der Waals surface area contributed by atoms with Crippen molar-refractivity contribution in [2.24, 2.45) is 4.99 Å². The number of benzene rings is 1. The quantitative estimate of drug-likeness (QED) is 0.770. The van der Waals surface area contributed by atoms with Crippen molar-refractivity contribution < 1.29 is 14.2 Å². The zero-order valence-corrected chi connectivity index (χ0v) is 18.1. The van der Waals surface area contributed by atoms with Crippen molar-refractivity contribution in [2.45, 2.75) is 50.3 Å². The van der Waals surface area contributed by atoms with Crippen molar-refractivity contribution in [3.63, 3.8) is 0 Å². The van der Waals surface area contributed by atoms with Crippen LogP contribution in [0, 0.1) is 0 Å². The summed E-state index contributed by atoms with van der Waals surface area (Å²) in [5, 5.41) is 3.82. The van der Waals surface area contributed by atoms with Gasteiger partial charge in [-0.15, -0.1) is 0 Å². The molecule has 2 aliphatic rings. The number of fused-ring (bicyclic) bond motifs is 1. The van der Waals surface area contributed by atoms with Crippen LogP contribution >= 0.6 is 11.8 Å². The number of aliphatic imine (C=N–C) groups is 1. The maximum atomic E-state index is 13.0. The molecule has 8 heteroatoms. The minimum atomic E-state index is -0.190. The number of nitrogens with zero attached hydrogens (tertiary/aromatic N) is 2. The molecule has 7 nitrogen and oxygen atoms in total. The molecule has 2 aromatic rings. The number of hydrogen-bond acceptors (Lipinski definition) is 6. The summed E-state index contributed by atoms with van der Waals surface area (Å²) in [6.45, 7) is 1.99. The van der Waals surface area contributed by atoms with Gasteiger partial charge in [0.25, 0.3) is 5.56 Å². The SMILES string of the molecule is COc1cc([C@H]2SC(C)=Nc3c2c(=O)[nH]n3C2CCCCC2)cc(OC)c1OC. The van der Waals surface area contributed by atoms with Crippen molar-refractivity contribution in [1.82, 2.24) is 9.78 Å². The molecule has 4 rings (SSSR count). The van der Waals surface area contributed by atoms with Gasteiger partial charge in [-0.25, -0.2) is 4.99 Å². The molecule has 1 fully saturated rings. The maximum Gasteiger partial charge on any atom is 0.271 e. The first kappa shape index (κ1) is 19.9. The number of thioether (sulfide) groups is 1. The Morgan fingerprint density at radius 1 is 1.07 bits per heavy atom. The van der Waals surface area contributed by atoms with E-state index in [4.69, 9.17) is 19.2 Å². The van der Waals surface area contributed by atoms with Crippen molar-refractivity contribution in [1.29, 1.82) is 0 Å². The van der Waals surface area contributed by atoms with Crippen molar-refractivity contribution in [2.75, 3.05) is 21.3 Å². The van der Waals surface area contributed by atoms with Gasteiger partial charge in [0.2, 0.25) is 5.75 Å². The van der Waals surface area contributed by atoms with E-state index < -0.39 is 0 Å². The van der Waals surface area contributed by atoms with Gasteiger partial charge in [-0.3, -0.25) is 14.6 Å². The highest BCUT2D eigenvalue weighted by molar-refractivity contribution is 8.14. The van der Waals surface area contributed by atoms with Crippen LogP contribution in [0.3, 0.4) is 0 Å². The molecule has 2 heterocycles. The maximum absolute atomic E-state index is 13.0. The summed E-state index contributed by atoms with van der Waals surface area (Å²) < 4.78 is 18.5. The number of methoxy groups -OCH3 is 3. The highest BCUT2D eigenvalue weighted by Crippen LogP contribution is 2.48. The Hall–Kier alpha value is -2.35. The van der Waals surface area contributed by atoms with E-state index in [1.807, 2.05) is 23.7 Å². The highest BCUT2D eigenvalue weighted by Gasteiger charge is 2.33. The first-order chi connectivity index (χ1) is 14.1. The van der Waals surface area contributed by atoms with Crippen LogP contribution in [-0.2, 0) is 0 Å². The second kappa shape index (κ2) is 8.18. The molecule has 0 spiro atoms. The molecule has 1 aliphatic carbocycles. The highest BCUT2D eigenvalue weighted by atomic mass is 32.2. The molecule has 29 heavy (non-hydrogen) atoms. The third kappa shape index (κ3) is 3.54. The molecule has 1 aromatic carbocycles. The van der Waals surface area contributed by atoms with E-state index in [0.29, 0.717) is 28.9 Å². The molecule has 0 bridgehead atoms. The average Bonchev–Trinajstić information content (AvgIpc) is 3.08. The van der Waals surface area contributed by atoms with Crippen LogP contribution in [0.1, 0.15) is 61.4 Å². The summed E-state index contributed by atoms with van der Waals surface area (Å²) in [4.78, 5) is 17.8. The largest absolute Gasteiger partial charge is 0.493 e. The third-order valence-electron chi connectivity index (χ3n) is 5.68. The first-order valence-electron chi connectivity index (χ1n) is 9.93. The molecule has 0 radical (unpaired) electrons. The fourth-order valence-corrected chi connectivity index (χ4v) is 5.38. The zero-order valence-electron chi connectivity index (χ0n) is 17.3. The number of aromatic nitrogens is 2. The molecule has 1 saturated carbocycles. The minimum Gasteiger partial charge on any atom is -0.493 e. The van der Waals surface area contributed by atoms with E-state index in [2.05, 4.69) is 5.10 Å². The van der Waals surface area contributed by atoms with Gasteiger partial charge in [-0.1, -0.05) is 31.0 Å². The van der Waals surface area contributed by atoms with Gasteiger partial charge in [0.1, 0.15) is 0 Å². The molecular weight excluding hydrogens is 390 g/mol. The molecule has 1 atom stereocenters. The molecule has 1 aromatic heterocycles. The number of rotatable bonds is 5. The van der Waals surface area contributed by atoms with Gasteiger partial charge in [-0.2, -0.15) is 0 Å². The average molecular weight is 418 g/mol. The lowest BCUT2D eigenvalue weighted by molar-refractivity contribution is 0.324. The fraction of sp³-hybridized carbons (Fsp3) is 0.524. The first-order valence-corrected chi connectivity index (χ1v) is 10.8. The molecule has 156 valence electrons. The number of hydrogen-bond donors (Lipinski definition) is 1. The van der Waals surface area contributed by atoms with E-state index in [9.17, 15) is 4.79 Å². The lowest BCUT2D eigenvalue weighted by Crippen LogP contribution is -2.16. The lowest BCUT2D eigenvalue weighted by atomic mass is 9.95. The van der Waals surface area contributed by atoms with E-state index in [1.54, 1.807) is 33.1 Å². The van der Waals surface area contributed by atoms with E-state index in [1.165, 1.54) is 19.3 Å². The van der Waals surface area contributed by atoms with Crippen LogP contribution in [0.15, 0.2) is 21.9 Å². The normalized spacial score (nSPS) is 19.4. The Bertz CT molecular complexity index is 963. The summed E-state index contributed by atoms with van der Waals surface area (Å²) in [6.07, 6.45) is 5.79. The number of nitrogens with one attached hydrogen (secondary N) is 1. The van der Waals surface area contributed by atoms with Gasteiger partial charge < -0.3 is 14.2 Å². The second-order valence-corrected chi connectivity index (χ2v) is 8.73. The van der Waals surface area contributed by atoms with Crippen LogP contribution in [0.5, 0.6) is 17.2 Å². The lowest BCUT2D eigenvalue weighted by Gasteiger charge is -2.26. The molecule has 1 N–H and O–H groups in total. The van der Waals surface area contributed by atoms with Gasteiger partial charge in [0.05, 0.1) is 43.2 Å². The zero-order chi connectivity index (χ0) is 20.5. The van der Waals surface area contributed by atoms with Crippen LogP contribution in [0.25, 0.3) is 0 Å². The van der Waals surface area contributed by atoms with Crippen LogP contribution in [0.2, 0.25) is 0 Å². The van der Waals surface area contributed by atoms with Crippen LogP contribution in [-0.4, -0.2) is 36.2 Å². The van der Waals surface area contributed by atoms with Crippen molar-refractivity contribution in [3.8, 4) is 17.2 Å². The van der Waals surface area contributed by atoms with E-state index in [-0.39, 0.29) is 10.8 Å². The summed E-state index contributed by atoms with van der Waals surface area (Å²) in [5.41, 5.74) is 1.54.